The van der Waals surface area contributed by atoms with Crippen LogP contribution in [-0.2, 0) is 4.74 Å². The van der Waals surface area contributed by atoms with Gasteiger partial charge in [-0.25, -0.2) is 0 Å². The molecule has 2 heterocycles. The maximum atomic E-state index is 5.60. The van der Waals surface area contributed by atoms with Gasteiger partial charge < -0.3 is 9.22 Å². The zero-order chi connectivity index (χ0) is 8.44. The molecular weight excluding hydrogens is 218 g/mol. The fraction of sp³-hybridized carbons (Fsp3) is 1.00. The van der Waals surface area contributed by atoms with Crippen molar-refractivity contribution >= 4 is 15.9 Å². The third kappa shape index (κ3) is 1.83. The summed E-state index contributed by atoms with van der Waals surface area (Å²) in [5.74, 6) is 0. The van der Waals surface area contributed by atoms with Crippen molar-refractivity contribution in [2.45, 2.75) is 24.1 Å². The molecule has 2 rings (SSSR count). The van der Waals surface area contributed by atoms with Gasteiger partial charge in [0, 0.05) is 0 Å². The molecule has 70 valence electrons. The van der Waals surface area contributed by atoms with Crippen LogP contribution in [0, 0.1) is 0 Å². The molecule has 0 aromatic carbocycles. The van der Waals surface area contributed by atoms with Crippen LogP contribution >= 0.6 is 15.9 Å². The predicted octanol–water partition coefficient (Wildman–Crippen LogP) is 1.74. The van der Waals surface area contributed by atoms with Gasteiger partial charge in [0.2, 0.25) is 0 Å². The van der Waals surface area contributed by atoms with Crippen LogP contribution in [-0.4, -0.2) is 42.3 Å². The van der Waals surface area contributed by atoms with Gasteiger partial charge in [-0.3, -0.25) is 0 Å². The number of hydrogen-bond donors (Lipinski definition) is 0. The summed E-state index contributed by atoms with van der Waals surface area (Å²) in [5.41, 5.74) is 0. The lowest BCUT2D eigenvalue weighted by atomic mass is 10.1. The van der Waals surface area contributed by atoms with E-state index in [1.807, 2.05) is 0 Å². The van der Waals surface area contributed by atoms with Crippen molar-refractivity contribution in [2.24, 2.45) is 0 Å². The Hall–Kier alpha value is 0.400. The van der Waals surface area contributed by atoms with Gasteiger partial charge in [-0.05, 0) is 19.3 Å². The Balaban J connectivity index is 1.97. The third-order valence-electron chi connectivity index (χ3n) is 3.01. The van der Waals surface area contributed by atoms with Crippen molar-refractivity contribution in [3.63, 3.8) is 0 Å². The number of alkyl halides is 1. The monoisotopic (exact) mass is 234 g/mol. The molecule has 1 atom stereocenters. The van der Waals surface area contributed by atoms with Crippen molar-refractivity contribution < 1.29 is 9.22 Å². The first kappa shape index (κ1) is 8.97. The topological polar surface area (TPSA) is 9.23 Å². The maximum Gasteiger partial charge on any atom is 0.183 e. The van der Waals surface area contributed by atoms with Crippen LogP contribution in [0.15, 0.2) is 0 Å². The Labute approximate surface area is 82.6 Å². The molecule has 1 unspecified atom stereocenters. The van der Waals surface area contributed by atoms with Gasteiger partial charge in [-0.1, -0.05) is 15.9 Å². The summed E-state index contributed by atoms with van der Waals surface area (Å²) in [4.78, 5) is 0.587. The summed E-state index contributed by atoms with van der Waals surface area (Å²) < 4.78 is 6.82. The molecule has 1 spiro atoms. The highest BCUT2D eigenvalue weighted by Gasteiger charge is 2.35. The average molecular weight is 235 g/mol. The van der Waals surface area contributed by atoms with E-state index in [4.69, 9.17) is 4.74 Å². The van der Waals surface area contributed by atoms with Crippen LogP contribution < -0.4 is 0 Å². The van der Waals surface area contributed by atoms with Crippen LogP contribution in [0.1, 0.15) is 19.3 Å². The van der Waals surface area contributed by atoms with Gasteiger partial charge in [-0.2, -0.15) is 0 Å². The van der Waals surface area contributed by atoms with E-state index < -0.39 is 0 Å². The molecule has 3 heteroatoms. The van der Waals surface area contributed by atoms with Crippen LogP contribution in [0.3, 0.4) is 0 Å². The largest absolute Gasteiger partial charge is 0.330 e. The van der Waals surface area contributed by atoms with Crippen molar-refractivity contribution in [1.29, 1.82) is 0 Å². The lowest BCUT2D eigenvalue weighted by Gasteiger charge is -2.44. The highest BCUT2D eigenvalue weighted by Crippen LogP contribution is 2.24. The second-order valence-corrected chi connectivity index (χ2v) is 5.42. The fourth-order valence-corrected chi connectivity index (χ4v) is 3.20. The van der Waals surface area contributed by atoms with E-state index in [9.17, 15) is 0 Å². The number of halogens is 1. The fourth-order valence-electron chi connectivity index (χ4n) is 2.39. The molecule has 12 heavy (non-hydrogen) atoms. The molecule has 2 nitrogen and oxygen atoms in total. The Morgan fingerprint density at radius 3 is 2.58 bits per heavy atom. The second kappa shape index (κ2) is 3.64. The molecule has 2 saturated heterocycles. The molecule has 0 bridgehead atoms. The number of nitrogens with zero attached hydrogens (tertiary/aromatic N) is 1. The van der Waals surface area contributed by atoms with Gasteiger partial charge in [0.05, 0.1) is 31.1 Å². The Kier molecular flexibility index (Phi) is 2.72. The van der Waals surface area contributed by atoms with Gasteiger partial charge >= 0.3 is 0 Å². The predicted molar refractivity (Wildman–Crippen MR) is 52.2 cm³/mol. The van der Waals surface area contributed by atoms with Crippen LogP contribution in [0.25, 0.3) is 0 Å². The molecule has 0 amide bonds. The summed E-state index contributed by atoms with van der Waals surface area (Å²) in [6.45, 7) is 5.81. The Morgan fingerprint density at radius 1 is 1.17 bits per heavy atom. The minimum Gasteiger partial charge on any atom is -0.330 e. The highest BCUT2D eigenvalue weighted by atomic mass is 79.9. The summed E-state index contributed by atoms with van der Waals surface area (Å²) in [5, 5.41) is 0. The number of quaternary nitrogens is 1. The van der Waals surface area contributed by atoms with Crippen molar-refractivity contribution in [3.8, 4) is 0 Å². The zero-order valence-corrected chi connectivity index (χ0v) is 9.05. The Morgan fingerprint density at radius 2 is 1.92 bits per heavy atom. The van der Waals surface area contributed by atoms with Crippen molar-refractivity contribution in [3.05, 3.63) is 0 Å². The minimum atomic E-state index is 0.587. The first-order valence-corrected chi connectivity index (χ1v) is 5.79. The van der Waals surface area contributed by atoms with E-state index in [2.05, 4.69) is 15.9 Å². The van der Waals surface area contributed by atoms with Crippen molar-refractivity contribution in [2.75, 3.05) is 33.0 Å². The minimum absolute atomic E-state index is 0.587. The first-order chi connectivity index (χ1) is 5.81. The van der Waals surface area contributed by atoms with E-state index >= 15 is 0 Å². The average Bonchev–Trinajstić information content (AvgIpc) is 2.05. The van der Waals surface area contributed by atoms with Crippen LogP contribution in [0.2, 0.25) is 0 Å². The molecule has 2 fully saturated rings. The van der Waals surface area contributed by atoms with Crippen LogP contribution in [0.4, 0.5) is 0 Å². The molecule has 0 aromatic heterocycles. The normalized spacial score (nSPS) is 35.2. The summed E-state index contributed by atoms with van der Waals surface area (Å²) in [6, 6.07) is 0. The molecule has 0 aliphatic carbocycles. The molecule has 0 aromatic rings. The second-order valence-electron chi connectivity index (χ2n) is 4.13. The van der Waals surface area contributed by atoms with Gasteiger partial charge in [-0.15, -0.1) is 0 Å². The van der Waals surface area contributed by atoms with Crippen molar-refractivity contribution in [1.82, 2.24) is 0 Å². The lowest BCUT2D eigenvalue weighted by Crippen LogP contribution is -2.58. The van der Waals surface area contributed by atoms with Gasteiger partial charge in [0.15, 0.2) is 6.73 Å². The zero-order valence-electron chi connectivity index (χ0n) is 7.47. The van der Waals surface area contributed by atoms with Crippen LogP contribution in [0.5, 0.6) is 0 Å². The molecule has 2 aliphatic heterocycles. The van der Waals surface area contributed by atoms with E-state index in [-0.39, 0.29) is 0 Å². The van der Waals surface area contributed by atoms with Gasteiger partial charge in [0.1, 0.15) is 0 Å². The third-order valence-corrected chi connectivity index (χ3v) is 3.57. The summed E-state index contributed by atoms with van der Waals surface area (Å²) in [6.07, 6.45) is 4.21. The molecule has 0 saturated carbocycles. The molecular formula is C9H17BrNO+. The number of rotatable bonds is 0. The summed E-state index contributed by atoms with van der Waals surface area (Å²) in [7, 11) is 0. The molecule has 2 aliphatic rings. The van der Waals surface area contributed by atoms with E-state index in [0.717, 1.165) is 13.3 Å². The number of hydrogen-bond acceptors (Lipinski definition) is 1. The maximum absolute atomic E-state index is 5.60. The number of ether oxygens (including phenoxy) is 1. The van der Waals surface area contributed by atoms with Gasteiger partial charge in [0.25, 0.3) is 0 Å². The van der Waals surface area contributed by atoms with E-state index in [1.54, 1.807) is 0 Å². The molecule has 0 radical (unpaired) electrons. The lowest BCUT2D eigenvalue weighted by molar-refractivity contribution is -0.955. The smallest absolute Gasteiger partial charge is 0.183 e. The number of piperidine rings is 1. The SMILES string of the molecule is BrC1COC[N+]2(CCCCC2)C1. The first-order valence-electron chi connectivity index (χ1n) is 4.88. The molecule has 0 N–H and O–H groups in total. The summed E-state index contributed by atoms with van der Waals surface area (Å²) >= 11 is 3.66. The highest BCUT2D eigenvalue weighted by molar-refractivity contribution is 9.09. The van der Waals surface area contributed by atoms with E-state index in [1.165, 1.54) is 43.4 Å². The Bertz CT molecular complexity index is 151. The van der Waals surface area contributed by atoms with E-state index in [0.29, 0.717) is 4.83 Å². The standard InChI is InChI=1S/C9H17BrNO/c10-9-6-11(8-12-7-9)4-2-1-3-5-11/h9H,1-8H2/q+1. The quantitative estimate of drug-likeness (QED) is 0.459.